The maximum Gasteiger partial charge on any atom is 0.120 e. The Bertz CT molecular complexity index is 953. The van der Waals surface area contributed by atoms with Gasteiger partial charge in [-0.1, -0.05) is 42.5 Å². The van der Waals surface area contributed by atoms with E-state index in [0.717, 1.165) is 22.7 Å². The summed E-state index contributed by atoms with van der Waals surface area (Å²) in [7, 11) is 1.69. The van der Waals surface area contributed by atoms with E-state index in [9.17, 15) is 0 Å². The number of nitrogens with zero attached hydrogens (tertiary/aromatic N) is 1. The zero-order valence-electron chi connectivity index (χ0n) is 12.2. The van der Waals surface area contributed by atoms with Crippen LogP contribution in [0.2, 0.25) is 0 Å². The van der Waals surface area contributed by atoms with E-state index in [0.29, 0.717) is 0 Å². The molecule has 3 heteroatoms. The highest BCUT2D eigenvalue weighted by Crippen LogP contribution is 2.29. The number of aromatic nitrogens is 1. The van der Waals surface area contributed by atoms with Crippen molar-refractivity contribution >= 4 is 32.3 Å². The molecule has 4 aromatic rings. The number of ether oxygens (including phenoxy) is 1. The molecule has 0 spiro atoms. The third-order valence-corrected chi connectivity index (χ3v) is 4.88. The van der Waals surface area contributed by atoms with Gasteiger partial charge >= 0.3 is 0 Å². The predicted octanol–water partition coefficient (Wildman–Crippen LogP) is 5.05. The fourth-order valence-electron chi connectivity index (χ4n) is 2.76. The van der Waals surface area contributed by atoms with Gasteiger partial charge in [0.25, 0.3) is 0 Å². The maximum absolute atomic E-state index is 5.29. The van der Waals surface area contributed by atoms with Gasteiger partial charge < -0.3 is 4.74 Å². The summed E-state index contributed by atoms with van der Waals surface area (Å²) in [6.45, 7) is 0. The van der Waals surface area contributed by atoms with Gasteiger partial charge in [0.15, 0.2) is 0 Å². The number of hydrogen-bond acceptors (Lipinski definition) is 3. The molecule has 0 saturated heterocycles. The summed E-state index contributed by atoms with van der Waals surface area (Å²) in [6, 6.07) is 21.0. The van der Waals surface area contributed by atoms with Crippen molar-refractivity contribution in [3.05, 3.63) is 71.2 Å². The molecule has 0 aliphatic heterocycles. The first kappa shape index (κ1) is 13.3. The minimum absolute atomic E-state index is 0.864. The van der Waals surface area contributed by atoms with Gasteiger partial charge in [-0.05, 0) is 34.5 Å². The van der Waals surface area contributed by atoms with E-state index in [4.69, 9.17) is 9.72 Å². The monoisotopic (exact) mass is 305 g/mol. The lowest BCUT2D eigenvalue weighted by atomic mass is 10.0. The van der Waals surface area contributed by atoms with E-state index in [1.165, 1.54) is 21.0 Å². The van der Waals surface area contributed by atoms with Crippen LogP contribution < -0.4 is 4.74 Å². The first-order chi connectivity index (χ1) is 10.8. The number of fused-ring (bicyclic) bond motifs is 2. The van der Waals surface area contributed by atoms with Gasteiger partial charge in [-0.2, -0.15) is 0 Å². The van der Waals surface area contributed by atoms with Crippen LogP contribution in [0.1, 0.15) is 10.6 Å². The summed E-state index contributed by atoms with van der Waals surface area (Å²) in [5.41, 5.74) is 2.37. The number of methoxy groups -OCH3 is 1. The second kappa shape index (κ2) is 5.43. The molecule has 4 rings (SSSR count). The van der Waals surface area contributed by atoms with E-state index in [2.05, 4.69) is 48.5 Å². The Balaban J connectivity index is 1.76. The van der Waals surface area contributed by atoms with Gasteiger partial charge in [-0.25, -0.2) is 4.98 Å². The van der Waals surface area contributed by atoms with E-state index >= 15 is 0 Å². The smallest absolute Gasteiger partial charge is 0.120 e. The summed E-state index contributed by atoms with van der Waals surface area (Å²) in [5, 5.41) is 3.73. The molecule has 0 amide bonds. The molecule has 0 fully saturated rings. The molecule has 0 saturated carbocycles. The van der Waals surface area contributed by atoms with Crippen LogP contribution in [0.3, 0.4) is 0 Å². The van der Waals surface area contributed by atoms with Gasteiger partial charge in [0.05, 0.1) is 22.3 Å². The molecule has 0 unspecified atom stereocenters. The van der Waals surface area contributed by atoms with Crippen molar-refractivity contribution in [1.82, 2.24) is 4.98 Å². The summed E-state index contributed by atoms with van der Waals surface area (Å²) in [6.07, 6.45) is 0.864. The number of thiazole rings is 1. The lowest BCUT2D eigenvalue weighted by molar-refractivity contribution is 0.415. The van der Waals surface area contributed by atoms with E-state index in [1.54, 1.807) is 18.4 Å². The molecule has 0 aliphatic rings. The average Bonchev–Trinajstić information content (AvgIpc) is 2.96. The number of hydrogen-bond donors (Lipinski definition) is 0. The normalized spacial score (nSPS) is 11.1. The Morgan fingerprint density at radius 3 is 2.77 bits per heavy atom. The molecular formula is C19H15NOS. The molecule has 0 aliphatic carbocycles. The maximum atomic E-state index is 5.29. The highest BCUT2D eigenvalue weighted by molar-refractivity contribution is 7.18. The Morgan fingerprint density at radius 2 is 1.86 bits per heavy atom. The van der Waals surface area contributed by atoms with E-state index < -0.39 is 0 Å². The fraction of sp³-hybridized carbons (Fsp3) is 0.105. The highest BCUT2D eigenvalue weighted by Gasteiger charge is 2.08. The van der Waals surface area contributed by atoms with Crippen molar-refractivity contribution in [3.63, 3.8) is 0 Å². The van der Waals surface area contributed by atoms with Crippen molar-refractivity contribution < 1.29 is 4.74 Å². The first-order valence-corrected chi connectivity index (χ1v) is 8.05. The van der Waals surface area contributed by atoms with Crippen LogP contribution in [0.25, 0.3) is 21.0 Å². The van der Waals surface area contributed by atoms with Gasteiger partial charge in [0.1, 0.15) is 5.75 Å². The standard InChI is InChI=1S/C19H15NOS/c1-21-15-9-10-17-18(12-15)22-19(20-17)11-14-7-4-6-13-5-2-3-8-16(13)14/h2-10,12H,11H2,1H3. The summed E-state index contributed by atoms with van der Waals surface area (Å²) in [5.74, 6) is 0.882. The quantitative estimate of drug-likeness (QED) is 0.528. The van der Waals surface area contributed by atoms with Crippen LogP contribution in [0.5, 0.6) is 5.75 Å². The van der Waals surface area contributed by atoms with Crippen molar-refractivity contribution in [3.8, 4) is 5.75 Å². The second-order valence-electron chi connectivity index (χ2n) is 5.26. The van der Waals surface area contributed by atoms with Crippen LogP contribution in [-0.2, 0) is 6.42 Å². The topological polar surface area (TPSA) is 22.1 Å². The van der Waals surface area contributed by atoms with Crippen LogP contribution >= 0.6 is 11.3 Å². The lowest BCUT2D eigenvalue weighted by Gasteiger charge is -2.04. The SMILES string of the molecule is COc1ccc2nc(Cc3cccc4ccccc34)sc2c1. The average molecular weight is 305 g/mol. The molecule has 0 bridgehead atoms. The Kier molecular flexibility index (Phi) is 3.28. The zero-order chi connectivity index (χ0) is 14.9. The van der Waals surface area contributed by atoms with Gasteiger partial charge in [-0.15, -0.1) is 11.3 Å². The Hall–Kier alpha value is -2.39. The fourth-order valence-corrected chi connectivity index (χ4v) is 3.78. The Morgan fingerprint density at radius 1 is 1.00 bits per heavy atom. The molecule has 0 radical (unpaired) electrons. The summed E-state index contributed by atoms with van der Waals surface area (Å²) in [4.78, 5) is 4.75. The summed E-state index contributed by atoms with van der Waals surface area (Å²) >= 11 is 1.74. The van der Waals surface area contributed by atoms with Crippen LogP contribution in [0.15, 0.2) is 60.7 Å². The predicted molar refractivity (Wildman–Crippen MR) is 92.9 cm³/mol. The molecule has 3 aromatic carbocycles. The van der Waals surface area contributed by atoms with Gasteiger partial charge in [-0.3, -0.25) is 0 Å². The highest BCUT2D eigenvalue weighted by atomic mass is 32.1. The zero-order valence-corrected chi connectivity index (χ0v) is 13.1. The van der Waals surface area contributed by atoms with E-state index in [-0.39, 0.29) is 0 Å². The minimum atomic E-state index is 0.864. The van der Waals surface area contributed by atoms with Crippen LogP contribution in [0, 0.1) is 0 Å². The van der Waals surface area contributed by atoms with Gasteiger partial charge in [0, 0.05) is 6.42 Å². The third kappa shape index (κ3) is 2.34. The number of rotatable bonds is 3. The first-order valence-electron chi connectivity index (χ1n) is 7.23. The number of benzene rings is 3. The third-order valence-electron chi connectivity index (χ3n) is 3.86. The molecule has 108 valence electrons. The van der Waals surface area contributed by atoms with Crippen molar-refractivity contribution in [2.75, 3.05) is 7.11 Å². The molecule has 0 atom stereocenters. The lowest BCUT2D eigenvalue weighted by Crippen LogP contribution is -1.88. The largest absolute Gasteiger partial charge is 0.497 e. The molecule has 22 heavy (non-hydrogen) atoms. The van der Waals surface area contributed by atoms with Gasteiger partial charge in [0.2, 0.25) is 0 Å². The molecule has 1 heterocycles. The van der Waals surface area contributed by atoms with Crippen LogP contribution in [-0.4, -0.2) is 12.1 Å². The van der Waals surface area contributed by atoms with Crippen LogP contribution in [0.4, 0.5) is 0 Å². The van der Waals surface area contributed by atoms with Crippen molar-refractivity contribution in [1.29, 1.82) is 0 Å². The van der Waals surface area contributed by atoms with E-state index in [1.807, 2.05) is 12.1 Å². The van der Waals surface area contributed by atoms with Crippen molar-refractivity contribution in [2.45, 2.75) is 6.42 Å². The second-order valence-corrected chi connectivity index (χ2v) is 6.37. The molecule has 2 nitrogen and oxygen atoms in total. The Labute approximate surface area is 133 Å². The minimum Gasteiger partial charge on any atom is -0.497 e. The molecule has 0 N–H and O–H groups in total. The van der Waals surface area contributed by atoms with Crippen molar-refractivity contribution in [2.24, 2.45) is 0 Å². The molecule has 1 aromatic heterocycles. The molecular weight excluding hydrogens is 290 g/mol. The summed E-state index contributed by atoms with van der Waals surface area (Å²) < 4.78 is 6.46.